The van der Waals surface area contributed by atoms with Crippen molar-refractivity contribution in [1.82, 2.24) is 5.32 Å². The van der Waals surface area contributed by atoms with Crippen LogP contribution in [-0.4, -0.2) is 19.0 Å². The van der Waals surface area contributed by atoms with Crippen LogP contribution in [0.15, 0.2) is 53.1 Å². The molecule has 20 heavy (non-hydrogen) atoms. The third-order valence-corrected chi connectivity index (χ3v) is 3.15. The molecule has 0 atom stereocenters. The van der Waals surface area contributed by atoms with Crippen LogP contribution < -0.4 is 10.2 Å². The molecule has 0 aliphatic heterocycles. The molecule has 0 bridgehead atoms. The number of amides is 1. The number of furan rings is 1. The number of hydrogen-bond donors (Lipinski definition) is 1. The Bertz CT molecular complexity index is 509. The van der Waals surface area contributed by atoms with E-state index < -0.39 is 0 Å². The summed E-state index contributed by atoms with van der Waals surface area (Å²) in [7, 11) is 0. The Kier molecular flexibility index (Phi) is 5.24. The maximum Gasteiger partial charge on any atom is 0.222 e. The van der Waals surface area contributed by atoms with Gasteiger partial charge in [0.1, 0.15) is 5.76 Å². The Labute approximate surface area is 119 Å². The van der Waals surface area contributed by atoms with E-state index in [1.165, 1.54) is 0 Å². The zero-order valence-corrected chi connectivity index (χ0v) is 11.7. The first-order valence-electron chi connectivity index (χ1n) is 6.88. The quantitative estimate of drug-likeness (QED) is 0.843. The molecular weight excluding hydrogens is 252 g/mol. The maximum absolute atomic E-state index is 11.8. The third-order valence-electron chi connectivity index (χ3n) is 3.15. The molecule has 0 radical (unpaired) electrons. The van der Waals surface area contributed by atoms with Crippen molar-refractivity contribution in [2.24, 2.45) is 0 Å². The van der Waals surface area contributed by atoms with Gasteiger partial charge in [-0.2, -0.15) is 0 Å². The summed E-state index contributed by atoms with van der Waals surface area (Å²) in [5.74, 6) is 0.810. The summed E-state index contributed by atoms with van der Waals surface area (Å²) in [6.45, 7) is 4.14. The molecule has 2 aromatic rings. The summed E-state index contributed by atoms with van der Waals surface area (Å²) in [5, 5.41) is 2.86. The predicted molar refractivity (Wildman–Crippen MR) is 79.5 cm³/mol. The minimum absolute atomic E-state index is 0.0378. The largest absolute Gasteiger partial charge is 0.467 e. The highest BCUT2D eigenvalue weighted by molar-refractivity contribution is 5.76. The van der Waals surface area contributed by atoms with Gasteiger partial charge in [0, 0.05) is 25.2 Å². The fraction of sp³-hybridized carbons (Fsp3) is 0.312. The van der Waals surface area contributed by atoms with Gasteiger partial charge in [0.05, 0.1) is 12.8 Å². The van der Waals surface area contributed by atoms with E-state index in [4.69, 9.17) is 4.42 Å². The normalized spacial score (nSPS) is 10.2. The number of anilines is 1. The molecule has 4 nitrogen and oxygen atoms in total. The van der Waals surface area contributed by atoms with E-state index in [2.05, 4.69) is 29.3 Å². The standard InChI is InChI=1S/C16H20N2O2/c1-2-18(14-7-4-3-5-8-14)11-10-16(19)17-13-15-9-6-12-20-15/h3-9,12H,2,10-11,13H2,1H3,(H,17,19). The highest BCUT2D eigenvalue weighted by Gasteiger charge is 2.07. The summed E-state index contributed by atoms with van der Waals surface area (Å²) in [6, 6.07) is 13.8. The lowest BCUT2D eigenvalue weighted by Gasteiger charge is -2.22. The van der Waals surface area contributed by atoms with E-state index >= 15 is 0 Å². The van der Waals surface area contributed by atoms with Crippen LogP contribution in [0.5, 0.6) is 0 Å². The number of benzene rings is 1. The lowest BCUT2D eigenvalue weighted by molar-refractivity contribution is -0.121. The van der Waals surface area contributed by atoms with Crippen LogP contribution in [0.2, 0.25) is 0 Å². The fourth-order valence-corrected chi connectivity index (χ4v) is 2.03. The van der Waals surface area contributed by atoms with Crippen LogP contribution in [0.4, 0.5) is 5.69 Å². The molecule has 106 valence electrons. The Morgan fingerprint density at radius 3 is 2.65 bits per heavy atom. The van der Waals surface area contributed by atoms with E-state index in [1.807, 2.05) is 30.3 Å². The van der Waals surface area contributed by atoms with E-state index in [0.717, 1.165) is 18.0 Å². The number of nitrogens with zero attached hydrogens (tertiary/aromatic N) is 1. The second-order valence-electron chi connectivity index (χ2n) is 4.52. The molecule has 0 aliphatic carbocycles. The summed E-state index contributed by atoms with van der Waals surface area (Å²) in [4.78, 5) is 14.0. The van der Waals surface area contributed by atoms with Gasteiger partial charge in [0.2, 0.25) is 5.91 Å². The van der Waals surface area contributed by atoms with Crippen molar-refractivity contribution in [3.8, 4) is 0 Å². The summed E-state index contributed by atoms with van der Waals surface area (Å²) in [5.41, 5.74) is 1.15. The van der Waals surface area contributed by atoms with Gasteiger partial charge in [-0.25, -0.2) is 0 Å². The lowest BCUT2D eigenvalue weighted by atomic mass is 10.2. The average Bonchev–Trinajstić information content (AvgIpc) is 3.00. The summed E-state index contributed by atoms with van der Waals surface area (Å²) < 4.78 is 5.17. The third kappa shape index (κ3) is 4.16. The Balaban J connectivity index is 1.77. The molecule has 0 spiro atoms. The molecule has 1 aromatic carbocycles. The Morgan fingerprint density at radius 2 is 2.00 bits per heavy atom. The first kappa shape index (κ1) is 14.2. The highest BCUT2D eigenvalue weighted by atomic mass is 16.3. The van der Waals surface area contributed by atoms with E-state index in [9.17, 15) is 4.79 Å². The SMILES string of the molecule is CCN(CCC(=O)NCc1ccco1)c1ccccc1. The molecule has 2 rings (SSSR count). The molecule has 0 unspecified atom stereocenters. The monoisotopic (exact) mass is 272 g/mol. The number of carbonyl (C=O) groups is 1. The van der Waals surface area contributed by atoms with E-state index in [-0.39, 0.29) is 5.91 Å². The molecule has 0 aliphatic rings. The van der Waals surface area contributed by atoms with Crippen molar-refractivity contribution in [2.45, 2.75) is 19.9 Å². The van der Waals surface area contributed by atoms with E-state index in [0.29, 0.717) is 19.5 Å². The maximum atomic E-state index is 11.8. The summed E-state index contributed by atoms with van der Waals surface area (Å²) >= 11 is 0. The number of hydrogen-bond acceptors (Lipinski definition) is 3. The topological polar surface area (TPSA) is 45.5 Å². The number of nitrogens with one attached hydrogen (secondary N) is 1. The second kappa shape index (κ2) is 7.38. The van der Waals surface area contributed by atoms with Gasteiger partial charge in [0.15, 0.2) is 0 Å². The van der Waals surface area contributed by atoms with E-state index in [1.54, 1.807) is 6.26 Å². The van der Waals surface area contributed by atoms with Crippen LogP contribution in [0.1, 0.15) is 19.1 Å². The smallest absolute Gasteiger partial charge is 0.222 e. The molecule has 0 saturated heterocycles. The van der Waals surface area contributed by atoms with Crippen LogP contribution >= 0.6 is 0 Å². The van der Waals surface area contributed by atoms with Crippen molar-refractivity contribution in [3.63, 3.8) is 0 Å². The van der Waals surface area contributed by atoms with Gasteiger partial charge in [-0.15, -0.1) is 0 Å². The van der Waals surface area contributed by atoms with Gasteiger partial charge < -0.3 is 14.6 Å². The molecule has 0 fully saturated rings. The van der Waals surface area contributed by atoms with Crippen molar-refractivity contribution < 1.29 is 9.21 Å². The first-order chi connectivity index (χ1) is 9.79. The average molecular weight is 272 g/mol. The first-order valence-corrected chi connectivity index (χ1v) is 6.88. The minimum Gasteiger partial charge on any atom is -0.467 e. The van der Waals surface area contributed by atoms with Crippen molar-refractivity contribution in [3.05, 3.63) is 54.5 Å². The summed E-state index contributed by atoms with van der Waals surface area (Å²) in [6.07, 6.45) is 2.08. The molecule has 0 saturated carbocycles. The Morgan fingerprint density at radius 1 is 1.20 bits per heavy atom. The zero-order chi connectivity index (χ0) is 14.2. The van der Waals surface area contributed by atoms with Gasteiger partial charge in [-0.05, 0) is 31.2 Å². The molecular formula is C16H20N2O2. The van der Waals surface area contributed by atoms with Crippen LogP contribution in [0.25, 0.3) is 0 Å². The molecule has 1 N–H and O–H groups in total. The van der Waals surface area contributed by atoms with Crippen molar-refractivity contribution >= 4 is 11.6 Å². The van der Waals surface area contributed by atoms with Gasteiger partial charge >= 0.3 is 0 Å². The van der Waals surface area contributed by atoms with Crippen LogP contribution in [0, 0.1) is 0 Å². The molecule has 1 heterocycles. The van der Waals surface area contributed by atoms with Gasteiger partial charge in [-0.1, -0.05) is 18.2 Å². The predicted octanol–water partition coefficient (Wildman–Crippen LogP) is 2.81. The number of rotatable bonds is 7. The lowest BCUT2D eigenvalue weighted by Crippen LogP contribution is -2.30. The van der Waals surface area contributed by atoms with Crippen LogP contribution in [-0.2, 0) is 11.3 Å². The number of para-hydroxylation sites is 1. The van der Waals surface area contributed by atoms with Crippen molar-refractivity contribution in [1.29, 1.82) is 0 Å². The molecule has 1 amide bonds. The molecule has 4 heteroatoms. The minimum atomic E-state index is 0.0378. The second-order valence-corrected chi connectivity index (χ2v) is 4.52. The number of carbonyl (C=O) groups excluding carboxylic acids is 1. The zero-order valence-electron chi connectivity index (χ0n) is 11.7. The Hall–Kier alpha value is -2.23. The fourth-order valence-electron chi connectivity index (χ4n) is 2.03. The highest BCUT2D eigenvalue weighted by Crippen LogP contribution is 2.12. The molecule has 1 aromatic heterocycles. The van der Waals surface area contributed by atoms with Gasteiger partial charge in [-0.3, -0.25) is 4.79 Å². The van der Waals surface area contributed by atoms with Crippen LogP contribution in [0.3, 0.4) is 0 Å². The van der Waals surface area contributed by atoms with Gasteiger partial charge in [0.25, 0.3) is 0 Å². The van der Waals surface area contributed by atoms with Crippen molar-refractivity contribution in [2.75, 3.05) is 18.0 Å².